The van der Waals surface area contributed by atoms with E-state index in [2.05, 4.69) is 27.0 Å². The first-order valence-corrected chi connectivity index (χ1v) is 11.3. The lowest BCUT2D eigenvalue weighted by molar-refractivity contribution is -0.142. The van der Waals surface area contributed by atoms with E-state index >= 15 is 0 Å². The van der Waals surface area contributed by atoms with Crippen LogP contribution in [-0.2, 0) is 9.53 Å². The van der Waals surface area contributed by atoms with Crippen molar-refractivity contribution in [2.24, 2.45) is 10.9 Å². The number of unbranched alkanes of at least 4 members (excludes halogenated alkanes) is 1. The summed E-state index contributed by atoms with van der Waals surface area (Å²) in [6, 6.07) is 0. The van der Waals surface area contributed by atoms with Gasteiger partial charge in [0.05, 0.1) is 0 Å². The number of hydrogen-bond donors (Lipinski definition) is 1. The van der Waals surface area contributed by atoms with Crippen LogP contribution in [0, 0.1) is 5.92 Å². The molecule has 1 unspecified atom stereocenters. The van der Waals surface area contributed by atoms with E-state index in [0.29, 0.717) is 0 Å². The van der Waals surface area contributed by atoms with Crippen LogP contribution in [0.1, 0.15) is 45.4 Å². The van der Waals surface area contributed by atoms with E-state index in [1.807, 2.05) is 11.9 Å². The highest BCUT2D eigenvalue weighted by atomic mass is 127. The standard InChI is InChI=1S/C21H39N5O2.HI/c1-18-7-11-24(12-8-18)10-4-3-9-23-21(22-2)26-15-13-25(14-16-26)20(27)19-6-5-17-28-19;/h18-19H,3-17H2,1-2H3,(H,22,23);1H. The minimum absolute atomic E-state index is 0. The maximum atomic E-state index is 12.5. The summed E-state index contributed by atoms with van der Waals surface area (Å²) in [6.45, 7) is 11.0. The number of piperidine rings is 1. The van der Waals surface area contributed by atoms with Gasteiger partial charge in [-0.05, 0) is 64.1 Å². The van der Waals surface area contributed by atoms with Crippen LogP contribution in [0.5, 0.6) is 0 Å². The van der Waals surface area contributed by atoms with Gasteiger partial charge in [-0.25, -0.2) is 0 Å². The highest BCUT2D eigenvalue weighted by Crippen LogP contribution is 2.17. The zero-order chi connectivity index (χ0) is 19.8. The molecule has 0 aromatic rings. The summed E-state index contributed by atoms with van der Waals surface area (Å²) in [4.78, 5) is 23.8. The maximum absolute atomic E-state index is 12.5. The van der Waals surface area contributed by atoms with Crippen LogP contribution >= 0.6 is 24.0 Å². The molecule has 3 aliphatic rings. The fourth-order valence-electron chi connectivity index (χ4n) is 4.39. The van der Waals surface area contributed by atoms with Crippen LogP contribution in [0.4, 0.5) is 0 Å². The molecule has 3 aliphatic heterocycles. The summed E-state index contributed by atoms with van der Waals surface area (Å²) in [5, 5.41) is 3.51. The summed E-state index contributed by atoms with van der Waals surface area (Å²) < 4.78 is 5.54. The first-order chi connectivity index (χ1) is 13.7. The van der Waals surface area contributed by atoms with Crippen molar-refractivity contribution in [3.63, 3.8) is 0 Å². The molecule has 0 aromatic carbocycles. The molecule has 0 spiro atoms. The van der Waals surface area contributed by atoms with Crippen molar-refractivity contribution < 1.29 is 9.53 Å². The highest BCUT2D eigenvalue weighted by Gasteiger charge is 2.30. The first-order valence-electron chi connectivity index (χ1n) is 11.3. The number of ether oxygens (including phenoxy) is 1. The molecular formula is C21H40IN5O2. The molecule has 1 amide bonds. The number of amides is 1. The minimum Gasteiger partial charge on any atom is -0.368 e. The van der Waals surface area contributed by atoms with Crippen molar-refractivity contribution in [2.75, 3.05) is 66.0 Å². The Morgan fingerprint density at radius 2 is 1.72 bits per heavy atom. The Morgan fingerprint density at radius 1 is 1.03 bits per heavy atom. The van der Waals surface area contributed by atoms with E-state index in [1.165, 1.54) is 45.3 Å². The van der Waals surface area contributed by atoms with Gasteiger partial charge in [0, 0.05) is 46.4 Å². The topological polar surface area (TPSA) is 60.4 Å². The van der Waals surface area contributed by atoms with E-state index in [0.717, 1.165) is 64.0 Å². The molecule has 3 fully saturated rings. The summed E-state index contributed by atoms with van der Waals surface area (Å²) in [5.74, 6) is 2.05. The summed E-state index contributed by atoms with van der Waals surface area (Å²) in [5.41, 5.74) is 0. The lowest BCUT2D eigenvalue weighted by Crippen LogP contribution is -2.55. The van der Waals surface area contributed by atoms with Crippen LogP contribution < -0.4 is 5.32 Å². The van der Waals surface area contributed by atoms with Crippen LogP contribution in [-0.4, -0.2) is 98.7 Å². The molecule has 3 rings (SSSR count). The number of piperazine rings is 1. The maximum Gasteiger partial charge on any atom is 0.251 e. The van der Waals surface area contributed by atoms with Gasteiger partial charge >= 0.3 is 0 Å². The van der Waals surface area contributed by atoms with Gasteiger partial charge in [0.15, 0.2) is 5.96 Å². The highest BCUT2D eigenvalue weighted by molar-refractivity contribution is 14.0. The Morgan fingerprint density at radius 3 is 2.34 bits per heavy atom. The largest absolute Gasteiger partial charge is 0.368 e. The molecule has 8 heteroatoms. The number of guanidine groups is 1. The number of aliphatic imine (C=N–C) groups is 1. The van der Waals surface area contributed by atoms with Crippen LogP contribution in [0.3, 0.4) is 0 Å². The number of carbonyl (C=O) groups is 1. The molecule has 0 bridgehead atoms. The lowest BCUT2D eigenvalue weighted by Gasteiger charge is -2.37. The van der Waals surface area contributed by atoms with Crippen molar-refractivity contribution in [1.29, 1.82) is 0 Å². The third-order valence-electron chi connectivity index (χ3n) is 6.37. The van der Waals surface area contributed by atoms with Crippen molar-refractivity contribution in [3.05, 3.63) is 0 Å². The Hall–Kier alpha value is -0.610. The molecule has 1 atom stereocenters. The summed E-state index contributed by atoms with van der Waals surface area (Å²) in [6.07, 6.45) is 6.79. The third-order valence-corrected chi connectivity index (χ3v) is 6.37. The normalized spacial score (nSPS) is 24.5. The zero-order valence-corrected chi connectivity index (χ0v) is 20.6. The van der Waals surface area contributed by atoms with Crippen molar-refractivity contribution in [2.45, 2.75) is 51.6 Å². The molecule has 1 N–H and O–H groups in total. The summed E-state index contributed by atoms with van der Waals surface area (Å²) >= 11 is 0. The minimum atomic E-state index is -0.202. The van der Waals surface area contributed by atoms with Gasteiger partial charge in [-0.1, -0.05) is 6.92 Å². The van der Waals surface area contributed by atoms with E-state index in [9.17, 15) is 4.79 Å². The zero-order valence-electron chi connectivity index (χ0n) is 18.3. The molecule has 7 nitrogen and oxygen atoms in total. The van der Waals surface area contributed by atoms with Gasteiger partial charge in [-0.15, -0.1) is 24.0 Å². The number of halogens is 1. The quantitative estimate of drug-likeness (QED) is 0.251. The SMILES string of the molecule is CN=C(NCCCCN1CCC(C)CC1)N1CCN(C(=O)C2CCCO2)CC1.I. The number of likely N-dealkylation sites (tertiary alicyclic amines) is 1. The predicted octanol–water partition coefficient (Wildman–Crippen LogP) is 2.02. The fraction of sp³-hybridized carbons (Fsp3) is 0.905. The first kappa shape index (κ1) is 24.7. The Labute approximate surface area is 193 Å². The Balaban J connectivity index is 0.00000300. The van der Waals surface area contributed by atoms with Gasteiger partial charge in [0.1, 0.15) is 6.10 Å². The van der Waals surface area contributed by atoms with E-state index in [4.69, 9.17) is 4.74 Å². The fourth-order valence-corrected chi connectivity index (χ4v) is 4.39. The van der Waals surface area contributed by atoms with E-state index in [1.54, 1.807) is 0 Å². The lowest BCUT2D eigenvalue weighted by atomic mass is 9.99. The molecule has 168 valence electrons. The molecule has 3 heterocycles. The Kier molecular flexibility index (Phi) is 11.0. The number of nitrogens with one attached hydrogen (secondary N) is 1. The van der Waals surface area contributed by atoms with Crippen molar-refractivity contribution in [3.8, 4) is 0 Å². The molecule has 0 aliphatic carbocycles. The number of carbonyl (C=O) groups excluding carboxylic acids is 1. The van der Waals surface area contributed by atoms with Crippen molar-refractivity contribution in [1.82, 2.24) is 20.0 Å². The second-order valence-electron chi connectivity index (χ2n) is 8.52. The number of nitrogens with zero attached hydrogens (tertiary/aromatic N) is 4. The van der Waals surface area contributed by atoms with E-state index in [-0.39, 0.29) is 36.0 Å². The van der Waals surface area contributed by atoms with Gasteiger partial charge in [0.2, 0.25) is 0 Å². The third kappa shape index (κ3) is 7.54. The molecule has 0 saturated carbocycles. The Bertz CT molecular complexity index is 511. The average molecular weight is 521 g/mol. The second kappa shape index (κ2) is 12.9. The van der Waals surface area contributed by atoms with E-state index < -0.39 is 0 Å². The molecule has 0 aromatic heterocycles. The van der Waals surface area contributed by atoms with Crippen LogP contribution in [0.25, 0.3) is 0 Å². The second-order valence-corrected chi connectivity index (χ2v) is 8.52. The van der Waals surface area contributed by atoms with Gasteiger partial charge in [0.25, 0.3) is 5.91 Å². The average Bonchev–Trinajstić information content (AvgIpc) is 3.27. The molecule has 3 saturated heterocycles. The molecular weight excluding hydrogens is 481 g/mol. The molecule has 29 heavy (non-hydrogen) atoms. The predicted molar refractivity (Wildman–Crippen MR) is 128 cm³/mol. The number of rotatable bonds is 6. The van der Waals surface area contributed by atoms with Gasteiger partial charge in [-0.3, -0.25) is 9.79 Å². The monoisotopic (exact) mass is 521 g/mol. The molecule has 0 radical (unpaired) electrons. The van der Waals surface area contributed by atoms with Crippen LogP contribution in [0.2, 0.25) is 0 Å². The smallest absolute Gasteiger partial charge is 0.251 e. The van der Waals surface area contributed by atoms with Gasteiger partial charge in [-0.2, -0.15) is 0 Å². The summed E-state index contributed by atoms with van der Waals surface area (Å²) in [7, 11) is 1.85. The van der Waals surface area contributed by atoms with Crippen molar-refractivity contribution >= 4 is 35.8 Å². The van der Waals surface area contributed by atoms with Gasteiger partial charge < -0.3 is 24.8 Å². The van der Waals surface area contributed by atoms with Crippen LogP contribution in [0.15, 0.2) is 4.99 Å². The number of hydrogen-bond acceptors (Lipinski definition) is 4.